The number of nitrogens with two attached hydrogens (primary N) is 1. The second kappa shape index (κ2) is 6.85. The van der Waals surface area contributed by atoms with E-state index in [0.29, 0.717) is 24.3 Å². The Labute approximate surface area is 111 Å². The molecule has 2 aliphatic heterocycles. The molecule has 0 aliphatic carbocycles. The number of likely N-dealkylation sites (tertiary alicyclic amines) is 1. The minimum atomic E-state index is 0.400. The lowest BCUT2D eigenvalue weighted by atomic mass is 9.92. The molecule has 4 unspecified atom stereocenters. The highest BCUT2D eigenvalue weighted by Gasteiger charge is 2.34. The van der Waals surface area contributed by atoms with E-state index in [-0.39, 0.29) is 0 Å². The van der Waals surface area contributed by atoms with Gasteiger partial charge in [0.05, 0.1) is 12.2 Å². The van der Waals surface area contributed by atoms with Crippen LogP contribution in [0.5, 0.6) is 0 Å². The molecule has 4 atom stereocenters. The first-order valence-electron chi connectivity index (χ1n) is 7.38. The molecule has 2 heterocycles. The quantitative estimate of drug-likeness (QED) is 0.825. The summed E-state index contributed by atoms with van der Waals surface area (Å²) in [5.74, 6) is 0. The normalized spacial score (nSPS) is 38.8. The Kier molecular flexibility index (Phi) is 5.42. The number of rotatable bonds is 4. The molecule has 0 radical (unpaired) electrons. The van der Waals surface area contributed by atoms with Gasteiger partial charge in [0.25, 0.3) is 0 Å². The predicted octanol–water partition coefficient (Wildman–Crippen LogP) is 1.38. The molecule has 0 spiro atoms. The molecule has 0 aromatic heterocycles. The predicted molar refractivity (Wildman–Crippen MR) is 72.6 cm³/mol. The summed E-state index contributed by atoms with van der Waals surface area (Å²) in [4.78, 5) is 2.63. The average molecular weight is 256 g/mol. The van der Waals surface area contributed by atoms with Crippen molar-refractivity contribution in [3.63, 3.8) is 0 Å². The van der Waals surface area contributed by atoms with Crippen LogP contribution in [0.15, 0.2) is 0 Å². The van der Waals surface area contributed by atoms with Gasteiger partial charge in [-0.25, -0.2) is 0 Å². The Morgan fingerprint density at radius 3 is 2.83 bits per heavy atom. The van der Waals surface area contributed by atoms with Gasteiger partial charge in [0, 0.05) is 38.9 Å². The van der Waals surface area contributed by atoms with E-state index in [1.54, 1.807) is 0 Å². The Morgan fingerprint density at radius 2 is 2.17 bits per heavy atom. The van der Waals surface area contributed by atoms with E-state index < -0.39 is 0 Å². The fourth-order valence-electron chi connectivity index (χ4n) is 3.40. The van der Waals surface area contributed by atoms with E-state index in [1.807, 2.05) is 7.11 Å². The van der Waals surface area contributed by atoms with Crippen molar-refractivity contribution in [2.45, 2.75) is 63.3 Å². The molecule has 106 valence electrons. The Bertz CT molecular complexity index is 250. The summed E-state index contributed by atoms with van der Waals surface area (Å²) in [6.45, 7) is 4.99. The lowest BCUT2D eigenvalue weighted by molar-refractivity contribution is -0.0615. The summed E-state index contributed by atoms with van der Waals surface area (Å²) >= 11 is 0. The Balaban J connectivity index is 1.94. The van der Waals surface area contributed by atoms with Gasteiger partial charge in [-0.15, -0.1) is 0 Å². The summed E-state index contributed by atoms with van der Waals surface area (Å²) < 4.78 is 11.3. The Morgan fingerprint density at radius 1 is 1.33 bits per heavy atom. The van der Waals surface area contributed by atoms with Gasteiger partial charge in [-0.3, -0.25) is 4.90 Å². The minimum Gasteiger partial charge on any atom is -0.381 e. The van der Waals surface area contributed by atoms with Crippen molar-refractivity contribution in [2.75, 3.05) is 26.8 Å². The summed E-state index contributed by atoms with van der Waals surface area (Å²) in [6, 6.07) is 1.15. The highest BCUT2D eigenvalue weighted by molar-refractivity contribution is 4.89. The fraction of sp³-hybridized carbons (Fsp3) is 1.00. The number of ether oxygens (including phenoxy) is 2. The standard InChI is InChI=1S/C14H28N2O2/c1-3-13-8-11(5-7-18-13)16-6-4-14(17-2)9-12(16)10-15/h11-14H,3-10,15H2,1-2H3. The first-order chi connectivity index (χ1) is 8.78. The van der Waals surface area contributed by atoms with Crippen LogP contribution in [0.25, 0.3) is 0 Å². The van der Waals surface area contributed by atoms with Crippen molar-refractivity contribution >= 4 is 0 Å². The SMILES string of the molecule is CCC1CC(N2CCC(OC)CC2CN)CCO1. The molecule has 0 amide bonds. The van der Waals surface area contributed by atoms with Gasteiger partial charge < -0.3 is 15.2 Å². The van der Waals surface area contributed by atoms with Crippen molar-refractivity contribution in [3.05, 3.63) is 0 Å². The maximum Gasteiger partial charge on any atom is 0.0599 e. The molecule has 2 rings (SSSR count). The molecule has 4 heteroatoms. The van der Waals surface area contributed by atoms with Crippen LogP contribution in [-0.4, -0.2) is 56.0 Å². The minimum absolute atomic E-state index is 0.400. The van der Waals surface area contributed by atoms with Gasteiger partial charge in [0.15, 0.2) is 0 Å². The van der Waals surface area contributed by atoms with Gasteiger partial charge in [0.1, 0.15) is 0 Å². The van der Waals surface area contributed by atoms with Crippen molar-refractivity contribution in [2.24, 2.45) is 5.73 Å². The van der Waals surface area contributed by atoms with Crippen LogP contribution in [0.3, 0.4) is 0 Å². The van der Waals surface area contributed by atoms with Crippen molar-refractivity contribution in [1.29, 1.82) is 0 Å². The van der Waals surface area contributed by atoms with E-state index >= 15 is 0 Å². The molecule has 2 fully saturated rings. The van der Waals surface area contributed by atoms with Crippen molar-refractivity contribution in [3.8, 4) is 0 Å². The molecular formula is C14H28N2O2. The highest BCUT2D eigenvalue weighted by Crippen LogP contribution is 2.28. The summed E-state index contributed by atoms with van der Waals surface area (Å²) in [6.07, 6.45) is 6.52. The van der Waals surface area contributed by atoms with Gasteiger partial charge in [0.2, 0.25) is 0 Å². The third-order valence-corrected chi connectivity index (χ3v) is 4.58. The maximum atomic E-state index is 5.96. The topological polar surface area (TPSA) is 47.7 Å². The van der Waals surface area contributed by atoms with E-state index in [2.05, 4.69) is 11.8 Å². The molecular weight excluding hydrogens is 228 g/mol. The fourth-order valence-corrected chi connectivity index (χ4v) is 3.40. The molecule has 2 aliphatic rings. The molecule has 0 bridgehead atoms. The van der Waals surface area contributed by atoms with Gasteiger partial charge >= 0.3 is 0 Å². The van der Waals surface area contributed by atoms with Crippen LogP contribution >= 0.6 is 0 Å². The van der Waals surface area contributed by atoms with Crippen LogP contribution in [0.4, 0.5) is 0 Å². The zero-order valence-corrected chi connectivity index (χ0v) is 11.8. The molecule has 4 nitrogen and oxygen atoms in total. The summed E-state index contributed by atoms with van der Waals surface area (Å²) in [7, 11) is 1.81. The third kappa shape index (κ3) is 3.23. The van der Waals surface area contributed by atoms with Crippen LogP contribution in [0.1, 0.15) is 39.0 Å². The monoisotopic (exact) mass is 256 g/mol. The van der Waals surface area contributed by atoms with Crippen molar-refractivity contribution < 1.29 is 9.47 Å². The zero-order chi connectivity index (χ0) is 13.0. The molecule has 18 heavy (non-hydrogen) atoms. The maximum absolute atomic E-state index is 5.96. The van der Waals surface area contributed by atoms with Crippen LogP contribution in [-0.2, 0) is 9.47 Å². The molecule has 0 saturated carbocycles. The van der Waals surface area contributed by atoms with E-state index in [0.717, 1.165) is 45.4 Å². The van der Waals surface area contributed by atoms with Crippen molar-refractivity contribution in [1.82, 2.24) is 4.90 Å². The zero-order valence-electron chi connectivity index (χ0n) is 11.8. The van der Waals surface area contributed by atoms with E-state index in [9.17, 15) is 0 Å². The lowest BCUT2D eigenvalue weighted by Crippen LogP contribution is -2.54. The molecule has 0 aromatic carbocycles. The second-order valence-corrected chi connectivity index (χ2v) is 5.59. The van der Waals surface area contributed by atoms with Gasteiger partial charge in [-0.05, 0) is 32.1 Å². The first kappa shape index (κ1) is 14.3. The van der Waals surface area contributed by atoms with Crippen LogP contribution in [0, 0.1) is 0 Å². The smallest absolute Gasteiger partial charge is 0.0599 e. The van der Waals surface area contributed by atoms with E-state index in [1.165, 1.54) is 6.42 Å². The third-order valence-electron chi connectivity index (χ3n) is 4.58. The summed E-state index contributed by atoms with van der Waals surface area (Å²) in [5, 5.41) is 0. The van der Waals surface area contributed by atoms with Gasteiger partial charge in [-0.2, -0.15) is 0 Å². The molecule has 0 aromatic rings. The number of nitrogens with zero attached hydrogens (tertiary/aromatic N) is 1. The first-order valence-corrected chi connectivity index (χ1v) is 7.38. The highest BCUT2D eigenvalue weighted by atomic mass is 16.5. The number of hydrogen-bond acceptors (Lipinski definition) is 4. The number of methoxy groups -OCH3 is 1. The Hall–Kier alpha value is -0.160. The second-order valence-electron chi connectivity index (χ2n) is 5.59. The lowest BCUT2D eigenvalue weighted by Gasteiger charge is -2.45. The van der Waals surface area contributed by atoms with Crippen LogP contribution < -0.4 is 5.73 Å². The summed E-state index contributed by atoms with van der Waals surface area (Å²) in [5.41, 5.74) is 5.96. The van der Waals surface area contributed by atoms with Crippen LogP contribution in [0.2, 0.25) is 0 Å². The largest absolute Gasteiger partial charge is 0.381 e. The number of hydrogen-bond donors (Lipinski definition) is 1. The van der Waals surface area contributed by atoms with Gasteiger partial charge in [-0.1, -0.05) is 6.92 Å². The average Bonchev–Trinajstić information content (AvgIpc) is 2.46. The van der Waals surface area contributed by atoms with E-state index in [4.69, 9.17) is 15.2 Å². The molecule has 2 N–H and O–H groups in total. The number of piperidine rings is 1. The molecule has 2 saturated heterocycles.